The molecule has 0 spiro atoms. The number of methoxy groups -OCH3 is 1. The van der Waals surface area contributed by atoms with Gasteiger partial charge in [0.1, 0.15) is 5.75 Å². The number of Topliss-reactive ketones (excluding diaryl/α,β-unsaturated/α-hetero) is 1. The second-order valence-electron chi connectivity index (χ2n) is 8.98. The van der Waals surface area contributed by atoms with Crippen molar-refractivity contribution in [3.05, 3.63) is 101 Å². The van der Waals surface area contributed by atoms with Crippen molar-refractivity contribution in [3.8, 4) is 5.75 Å². The maximum atomic E-state index is 13.2. The van der Waals surface area contributed by atoms with Crippen LogP contribution in [0.4, 0.5) is 5.69 Å². The van der Waals surface area contributed by atoms with E-state index in [0.29, 0.717) is 22.6 Å². The van der Waals surface area contributed by atoms with Gasteiger partial charge in [0.15, 0.2) is 0 Å². The lowest BCUT2D eigenvalue weighted by Crippen LogP contribution is -2.22. The largest absolute Gasteiger partial charge is 0.495 e. The van der Waals surface area contributed by atoms with Crippen molar-refractivity contribution < 1.29 is 17.9 Å². The second-order valence-corrected chi connectivity index (χ2v) is 10.6. The molecule has 6 nitrogen and oxygen atoms in total. The molecule has 0 unspecified atom stereocenters. The van der Waals surface area contributed by atoms with E-state index in [1.165, 1.54) is 13.2 Å². The van der Waals surface area contributed by atoms with E-state index in [1.54, 1.807) is 60.7 Å². The van der Waals surface area contributed by atoms with E-state index in [4.69, 9.17) is 4.74 Å². The number of sulfonamides is 1. The van der Waals surface area contributed by atoms with Crippen LogP contribution in [-0.2, 0) is 15.4 Å². The van der Waals surface area contributed by atoms with Crippen molar-refractivity contribution >= 4 is 27.2 Å². The number of allylic oxidation sites excluding steroid dienone is 2. The third-order valence-electron chi connectivity index (χ3n) is 5.59. The number of ketones is 1. The molecule has 0 heterocycles. The molecular weight excluding hydrogens is 448 g/mol. The van der Waals surface area contributed by atoms with Gasteiger partial charge in [0.25, 0.3) is 10.0 Å². The fraction of sp³-hybridized carbons (Fsp3) is 0.185. The van der Waals surface area contributed by atoms with Crippen LogP contribution in [0.3, 0.4) is 0 Å². The number of hydrogen-bond acceptors (Lipinski definition) is 5. The first-order chi connectivity index (χ1) is 16.1. The maximum absolute atomic E-state index is 13.2. The molecule has 34 heavy (non-hydrogen) atoms. The third-order valence-corrected chi connectivity index (χ3v) is 6.89. The number of nitrogens with zero attached hydrogens (tertiary/aromatic N) is 1. The van der Waals surface area contributed by atoms with Gasteiger partial charge in [-0.25, -0.2) is 0 Å². The van der Waals surface area contributed by atoms with Gasteiger partial charge in [0.05, 0.1) is 29.1 Å². The molecule has 0 saturated carbocycles. The van der Waals surface area contributed by atoms with Crippen molar-refractivity contribution in [2.75, 3.05) is 12.4 Å². The average molecular weight is 475 g/mol. The van der Waals surface area contributed by atoms with Gasteiger partial charge in [-0.2, -0.15) is 12.8 Å². The molecule has 7 heteroatoms. The molecule has 3 aromatic rings. The second kappa shape index (κ2) is 8.91. The number of fused-ring (bicyclic) bond motifs is 1. The highest BCUT2D eigenvalue weighted by Crippen LogP contribution is 2.29. The molecule has 0 aliphatic heterocycles. The van der Waals surface area contributed by atoms with Crippen LogP contribution >= 0.6 is 0 Å². The highest BCUT2D eigenvalue weighted by Gasteiger charge is 2.27. The number of nitrogens with one attached hydrogen (secondary N) is 1. The van der Waals surface area contributed by atoms with E-state index in [0.717, 1.165) is 5.56 Å². The van der Waals surface area contributed by atoms with Crippen molar-refractivity contribution in [1.29, 1.82) is 0 Å². The number of carbonyl (C=O) groups excluding carboxylic acids is 1. The Morgan fingerprint density at radius 1 is 0.853 bits per heavy atom. The molecule has 0 bridgehead atoms. The standard InChI is InChI=1S/C27H26N2O4S/c1-27(2,3)18-13-15-19(16-14-18)34(31,32)29-23-17-24(26(30)21-10-6-5-9-20(21)23)28-22-11-7-8-12-25(22)33-4/h5-17,28H,1-4H3. The predicted molar refractivity (Wildman–Crippen MR) is 134 cm³/mol. The SMILES string of the molecule is COc1ccccc1NC1=CC(=NS(=O)(=O)c2ccc(C(C)(C)C)cc2)c2ccccc2C1=O. The Labute approximate surface area is 200 Å². The summed E-state index contributed by atoms with van der Waals surface area (Å²) in [5, 5.41) is 3.08. The Hall–Kier alpha value is -3.71. The Kier molecular flexibility index (Phi) is 6.15. The summed E-state index contributed by atoms with van der Waals surface area (Å²) in [6, 6.07) is 20.8. The molecule has 1 aliphatic rings. The molecule has 3 aromatic carbocycles. The first kappa shape index (κ1) is 23.4. The molecule has 4 rings (SSSR count). The highest BCUT2D eigenvalue weighted by atomic mass is 32.2. The summed E-state index contributed by atoms with van der Waals surface area (Å²) in [5.41, 5.74) is 2.75. The van der Waals surface area contributed by atoms with Crippen LogP contribution in [-0.4, -0.2) is 27.0 Å². The maximum Gasteiger partial charge on any atom is 0.282 e. The Morgan fingerprint density at radius 3 is 2.12 bits per heavy atom. The van der Waals surface area contributed by atoms with Gasteiger partial charge < -0.3 is 10.1 Å². The lowest BCUT2D eigenvalue weighted by Gasteiger charge is -2.20. The van der Waals surface area contributed by atoms with E-state index in [-0.39, 0.29) is 27.5 Å². The predicted octanol–water partition coefficient (Wildman–Crippen LogP) is 5.36. The summed E-state index contributed by atoms with van der Waals surface area (Å²) < 4.78 is 35.8. The van der Waals surface area contributed by atoms with Gasteiger partial charge in [-0.05, 0) is 41.3 Å². The lowest BCUT2D eigenvalue weighted by atomic mass is 9.87. The van der Waals surface area contributed by atoms with Crippen LogP contribution in [0.15, 0.2) is 93.9 Å². The molecule has 1 N–H and O–H groups in total. The van der Waals surface area contributed by atoms with Gasteiger partial charge >= 0.3 is 0 Å². The van der Waals surface area contributed by atoms with E-state index >= 15 is 0 Å². The minimum Gasteiger partial charge on any atom is -0.495 e. The summed E-state index contributed by atoms with van der Waals surface area (Å²) in [7, 11) is -2.47. The molecule has 0 atom stereocenters. The van der Waals surface area contributed by atoms with Gasteiger partial charge in [-0.3, -0.25) is 4.79 Å². The van der Waals surface area contributed by atoms with Gasteiger partial charge in [-0.1, -0.05) is 69.3 Å². The zero-order chi connectivity index (χ0) is 24.5. The number of carbonyl (C=O) groups is 1. The Morgan fingerprint density at radius 2 is 1.47 bits per heavy atom. The van der Waals surface area contributed by atoms with E-state index in [1.807, 2.05) is 12.1 Å². The number of para-hydroxylation sites is 2. The summed E-state index contributed by atoms with van der Waals surface area (Å²) in [6.45, 7) is 6.19. The topological polar surface area (TPSA) is 84.8 Å². The highest BCUT2D eigenvalue weighted by molar-refractivity contribution is 7.90. The molecular formula is C27H26N2O4S. The normalized spacial score (nSPS) is 15.0. The van der Waals surface area contributed by atoms with Crippen molar-refractivity contribution in [3.63, 3.8) is 0 Å². The molecule has 0 aromatic heterocycles. The smallest absolute Gasteiger partial charge is 0.282 e. The van der Waals surface area contributed by atoms with E-state index < -0.39 is 10.0 Å². The summed E-state index contributed by atoms with van der Waals surface area (Å²) in [6.07, 6.45) is 1.47. The van der Waals surface area contributed by atoms with Crippen LogP contribution in [0.25, 0.3) is 0 Å². The summed E-state index contributed by atoms with van der Waals surface area (Å²) in [5.74, 6) is 0.299. The Balaban J connectivity index is 1.78. The number of anilines is 1. The third kappa shape index (κ3) is 4.65. The molecule has 0 amide bonds. The number of benzene rings is 3. The minimum atomic E-state index is -4.01. The molecule has 1 aliphatic carbocycles. The van der Waals surface area contributed by atoms with E-state index in [2.05, 4.69) is 30.5 Å². The van der Waals surface area contributed by atoms with Gasteiger partial charge in [0.2, 0.25) is 5.78 Å². The quantitative estimate of drug-likeness (QED) is 0.538. The molecule has 0 radical (unpaired) electrons. The number of hydrogen-bond donors (Lipinski definition) is 1. The van der Waals surface area contributed by atoms with E-state index in [9.17, 15) is 13.2 Å². The zero-order valence-electron chi connectivity index (χ0n) is 19.5. The van der Waals surface area contributed by atoms with Crippen LogP contribution in [0.2, 0.25) is 0 Å². The Bertz CT molecular complexity index is 1410. The van der Waals surface area contributed by atoms with Crippen LogP contribution in [0.1, 0.15) is 42.3 Å². The number of ether oxygens (including phenoxy) is 1. The average Bonchev–Trinajstić information content (AvgIpc) is 2.82. The van der Waals surface area contributed by atoms with Crippen molar-refractivity contribution in [2.24, 2.45) is 4.40 Å². The summed E-state index contributed by atoms with van der Waals surface area (Å²) in [4.78, 5) is 13.2. The van der Waals surface area contributed by atoms with Crippen molar-refractivity contribution in [1.82, 2.24) is 0 Å². The fourth-order valence-corrected chi connectivity index (χ4v) is 4.70. The minimum absolute atomic E-state index is 0.0926. The van der Waals surface area contributed by atoms with Crippen LogP contribution < -0.4 is 10.1 Å². The van der Waals surface area contributed by atoms with Crippen molar-refractivity contribution in [2.45, 2.75) is 31.1 Å². The molecule has 174 valence electrons. The number of rotatable bonds is 5. The van der Waals surface area contributed by atoms with Crippen LogP contribution in [0, 0.1) is 0 Å². The zero-order valence-corrected chi connectivity index (χ0v) is 20.3. The summed E-state index contributed by atoms with van der Waals surface area (Å²) >= 11 is 0. The molecule has 0 fully saturated rings. The molecule has 0 saturated heterocycles. The fourth-order valence-electron chi connectivity index (χ4n) is 3.70. The van der Waals surface area contributed by atoms with Gasteiger partial charge in [-0.15, -0.1) is 0 Å². The van der Waals surface area contributed by atoms with Gasteiger partial charge in [0, 0.05) is 11.1 Å². The monoisotopic (exact) mass is 474 g/mol. The lowest BCUT2D eigenvalue weighted by molar-refractivity contribution is 0.103. The van der Waals surface area contributed by atoms with Crippen LogP contribution in [0.5, 0.6) is 5.75 Å². The first-order valence-electron chi connectivity index (χ1n) is 10.8. The first-order valence-corrected chi connectivity index (χ1v) is 12.3.